The Morgan fingerprint density at radius 1 is 1.36 bits per heavy atom. The number of ether oxygens (including phenoxy) is 1. The van der Waals surface area contributed by atoms with E-state index in [1.165, 1.54) is 0 Å². The van der Waals surface area contributed by atoms with Crippen molar-refractivity contribution in [1.82, 2.24) is 14.5 Å². The highest BCUT2D eigenvalue weighted by Crippen LogP contribution is 2.30. The molecule has 6 nitrogen and oxygen atoms in total. The van der Waals surface area contributed by atoms with Crippen molar-refractivity contribution in [3.63, 3.8) is 0 Å². The van der Waals surface area contributed by atoms with Crippen LogP contribution in [0.4, 0.5) is 0 Å². The zero-order chi connectivity index (χ0) is 15.9. The van der Waals surface area contributed by atoms with E-state index in [4.69, 9.17) is 4.74 Å². The normalized spacial score (nSPS) is 15.8. The molecule has 0 aliphatic carbocycles. The maximum atomic E-state index is 12.7. The number of nitrogens with zero attached hydrogens (tertiary/aromatic N) is 2. The van der Waals surface area contributed by atoms with E-state index >= 15 is 0 Å². The molecular formula is C14H16BrN3O3S. The number of nitrogens with one attached hydrogen (secondary N) is 1. The smallest absolute Gasteiger partial charge is 0.242 e. The molecule has 0 spiro atoms. The van der Waals surface area contributed by atoms with Gasteiger partial charge in [0.15, 0.2) is 0 Å². The molecule has 1 atom stereocenters. The second kappa shape index (κ2) is 5.77. The van der Waals surface area contributed by atoms with Crippen LogP contribution in [-0.4, -0.2) is 18.2 Å². The van der Waals surface area contributed by atoms with E-state index in [1.807, 2.05) is 6.07 Å². The monoisotopic (exact) mass is 385 g/mol. The van der Waals surface area contributed by atoms with Gasteiger partial charge in [0.1, 0.15) is 0 Å². The van der Waals surface area contributed by atoms with Crippen molar-refractivity contribution in [2.24, 2.45) is 7.05 Å². The Balaban J connectivity index is 1.92. The molecule has 0 amide bonds. The Kier molecular flexibility index (Phi) is 4.11. The standard InChI is InChI=1S/C14H16BrN3O3S/c1-9(13-3-4-16-18(13)2)17-22(19,20)14-6-11-8-21-7-10(11)5-12(14)15/h3-6,9,17H,7-8H2,1-2H3/t9-/m0/s1. The summed E-state index contributed by atoms with van der Waals surface area (Å²) in [5.41, 5.74) is 2.73. The van der Waals surface area contributed by atoms with Crippen molar-refractivity contribution in [2.75, 3.05) is 0 Å². The lowest BCUT2D eigenvalue weighted by Crippen LogP contribution is -2.28. The van der Waals surface area contributed by atoms with Gasteiger partial charge in [-0.05, 0) is 52.2 Å². The third-order valence-corrected chi connectivity index (χ3v) is 6.19. The summed E-state index contributed by atoms with van der Waals surface area (Å²) in [6, 6.07) is 4.89. The number of hydrogen-bond acceptors (Lipinski definition) is 4. The topological polar surface area (TPSA) is 73.2 Å². The van der Waals surface area contributed by atoms with Gasteiger partial charge in [-0.1, -0.05) is 0 Å². The lowest BCUT2D eigenvalue weighted by Gasteiger charge is -2.16. The fourth-order valence-corrected chi connectivity index (χ4v) is 4.90. The Hall–Kier alpha value is -1.22. The van der Waals surface area contributed by atoms with Crippen molar-refractivity contribution in [1.29, 1.82) is 0 Å². The maximum absolute atomic E-state index is 12.7. The van der Waals surface area contributed by atoms with Crippen LogP contribution in [0.5, 0.6) is 0 Å². The van der Waals surface area contributed by atoms with Crippen LogP contribution < -0.4 is 4.72 Å². The van der Waals surface area contributed by atoms with Crippen LogP contribution in [0.2, 0.25) is 0 Å². The Labute approximate surface area is 137 Å². The molecule has 0 saturated heterocycles. The highest BCUT2D eigenvalue weighted by atomic mass is 79.9. The third kappa shape index (κ3) is 2.83. The summed E-state index contributed by atoms with van der Waals surface area (Å²) in [7, 11) is -1.87. The number of rotatable bonds is 4. The molecule has 1 aliphatic heterocycles. The predicted molar refractivity (Wildman–Crippen MR) is 84.6 cm³/mol. The number of hydrogen-bond donors (Lipinski definition) is 1. The predicted octanol–water partition coefficient (Wildman–Crippen LogP) is 2.25. The van der Waals surface area contributed by atoms with Gasteiger partial charge >= 0.3 is 0 Å². The van der Waals surface area contributed by atoms with Crippen molar-refractivity contribution in [3.05, 3.63) is 45.7 Å². The molecule has 2 aromatic rings. The summed E-state index contributed by atoms with van der Waals surface area (Å²) in [5.74, 6) is 0. The molecule has 1 N–H and O–H groups in total. The lowest BCUT2D eigenvalue weighted by molar-refractivity contribution is 0.134. The number of halogens is 1. The summed E-state index contributed by atoms with van der Waals surface area (Å²) < 4.78 is 35.5. The lowest BCUT2D eigenvalue weighted by atomic mass is 10.1. The largest absolute Gasteiger partial charge is 0.372 e. The number of aryl methyl sites for hydroxylation is 1. The molecule has 0 fully saturated rings. The molecular weight excluding hydrogens is 370 g/mol. The first-order valence-electron chi connectivity index (χ1n) is 6.78. The SMILES string of the molecule is C[C@H](NS(=O)(=O)c1cc2c(cc1Br)COC2)c1ccnn1C. The van der Waals surface area contributed by atoms with Gasteiger partial charge in [0.2, 0.25) is 10.0 Å². The molecule has 3 rings (SSSR count). The third-order valence-electron chi connectivity index (χ3n) is 3.69. The van der Waals surface area contributed by atoms with Crippen LogP contribution >= 0.6 is 15.9 Å². The highest BCUT2D eigenvalue weighted by Gasteiger charge is 2.25. The van der Waals surface area contributed by atoms with Gasteiger partial charge in [0.05, 0.1) is 29.8 Å². The molecule has 1 aromatic heterocycles. The van der Waals surface area contributed by atoms with Crippen LogP contribution in [0.15, 0.2) is 33.8 Å². The van der Waals surface area contributed by atoms with Gasteiger partial charge in [0, 0.05) is 17.7 Å². The van der Waals surface area contributed by atoms with Crippen LogP contribution in [0, 0.1) is 0 Å². The molecule has 118 valence electrons. The molecule has 0 radical (unpaired) electrons. The van der Waals surface area contributed by atoms with Gasteiger partial charge in [-0.2, -0.15) is 5.10 Å². The van der Waals surface area contributed by atoms with Crippen molar-refractivity contribution >= 4 is 26.0 Å². The molecule has 22 heavy (non-hydrogen) atoms. The minimum atomic E-state index is -3.65. The van der Waals surface area contributed by atoms with E-state index < -0.39 is 10.0 Å². The summed E-state index contributed by atoms with van der Waals surface area (Å²) in [6.45, 7) is 2.76. The van der Waals surface area contributed by atoms with Crippen LogP contribution in [0.3, 0.4) is 0 Å². The quantitative estimate of drug-likeness (QED) is 0.875. The van der Waals surface area contributed by atoms with E-state index in [0.717, 1.165) is 16.8 Å². The van der Waals surface area contributed by atoms with Gasteiger partial charge in [-0.25, -0.2) is 13.1 Å². The summed E-state index contributed by atoms with van der Waals surface area (Å²) >= 11 is 3.35. The summed E-state index contributed by atoms with van der Waals surface area (Å²) in [6.07, 6.45) is 1.64. The molecule has 0 bridgehead atoms. The van der Waals surface area contributed by atoms with Gasteiger partial charge in [-0.15, -0.1) is 0 Å². The van der Waals surface area contributed by atoms with E-state index in [-0.39, 0.29) is 10.9 Å². The van der Waals surface area contributed by atoms with Crippen molar-refractivity contribution in [2.45, 2.75) is 31.1 Å². The van der Waals surface area contributed by atoms with E-state index in [2.05, 4.69) is 25.8 Å². The Bertz CT molecular complexity index is 817. The second-order valence-corrected chi connectivity index (χ2v) is 7.80. The molecule has 1 aromatic carbocycles. The van der Waals surface area contributed by atoms with E-state index in [0.29, 0.717) is 17.7 Å². The number of aromatic nitrogens is 2. The maximum Gasteiger partial charge on any atom is 0.242 e. The Morgan fingerprint density at radius 2 is 2.05 bits per heavy atom. The van der Waals surface area contributed by atoms with Gasteiger partial charge < -0.3 is 4.74 Å². The first-order valence-corrected chi connectivity index (χ1v) is 9.05. The number of sulfonamides is 1. The second-order valence-electron chi connectivity index (χ2n) is 5.27. The zero-order valence-electron chi connectivity index (χ0n) is 12.2. The van der Waals surface area contributed by atoms with E-state index in [1.54, 1.807) is 37.0 Å². The first kappa shape index (κ1) is 15.7. The molecule has 8 heteroatoms. The fraction of sp³-hybridized carbons (Fsp3) is 0.357. The van der Waals surface area contributed by atoms with Crippen LogP contribution in [0.1, 0.15) is 29.8 Å². The Morgan fingerprint density at radius 3 is 2.68 bits per heavy atom. The molecule has 0 saturated carbocycles. The first-order chi connectivity index (χ1) is 10.4. The minimum absolute atomic E-state index is 0.228. The van der Waals surface area contributed by atoms with Gasteiger partial charge in [0.25, 0.3) is 0 Å². The highest BCUT2D eigenvalue weighted by molar-refractivity contribution is 9.10. The fourth-order valence-electron chi connectivity index (χ4n) is 2.55. The molecule has 0 unspecified atom stereocenters. The number of fused-ring (bicyclic) bond motifs is 1. The van der Waals surface area contributed by atoms with E-state index in [9.17, 15) is 8.42 Å². The summed E-state index contributed by atoms with van der Waals surface area (Å²) in [4.78, 5) is 0.228. The number of benzene rings is 1. The van der Waals surface area contributed by atoms with Gasteiger partial charge in [-0.3, -0.25) is 4.68 Å². The van der Waals surface area contributed by atoms with Crippen LogP contribution in [-0.2, 0) is 35.0 Å². The summed E-state index contributed by atoms with van der Waals surface area (Å²) in [5, 5.41) is 4.06. The van der Waals surface area contributed by atoms with Crippen molar-refractivity contribution in [3.8, 4) is 0 Å². The average Bonchev–Trinajstić information content (AvgIpc) is 3.05. The minimum Gasteiger partial charge on any atom is -0.372 e. The average molecular weight is 386 g/mol. The zero-order valence-corrected chi connectivity index (χ0v) is 14.6. The van der Waals surface area contributed by atoms with Crippen molar-refractivity contribution < 1.29 is 13.2 Å². The van der Waals surface area contributed by atoms with Crippen LogP contribution in [0.25, 0.3) is 0 Å². The molecule has 2 heterocycles. The molecule has 1 aliphatic rings.